The van der Waals surface area contributed by atoms with E-state index in [9.17, 15) is 21.6 Å². The molecule has 1 saturated heterocycles. The van der Waals surface area contributed by atoms with Crippen LogP contribution in [0.2, 0.25) is 5.02 Å². The summed E-state index contributed by atoms with van der Waals surface area (Å²) in [7, 11) is -7.55. The van der Waals surface area contributed by atoms with Crippen molar-refractivity contribution in [3.8, 4) is 5.75 Å². The molecule has 0 bridgehead atoms. The van der Waals surface area contributed by atoms with Crippen molar-refractivity contribution in [3.63, 3.8) is 0 Å². The highest BCUT2D eigenvalue weighted by Gasteiger charge is 2.28. The van der Waals surface area contributed by atoms with Crippen LogP contribution in [0.4, 0.5) is 5.69 Å². The Balaban J connectivity index is 1.35. The van der Waals surface area contributed by atoms with Gasteiger partial charge < -0.3 is 10.1 Å². The fraction of sp³-hybridized carbons (Fsp3) is 0.296. The standard InChI is InChI=1S/C27H30ClN3O6S2/c1-21-4-8-23(9-5-21)31(39(35,36)26-12-6-22(28)7-13-26)20-27(32)29-16-19-37-24-10-14-25(15-11-24)38(33,34)30-17-2-3-18-30/h4-15H,2-3,16-20H2,1H3,(H,29,32). The maximum Gasteiger partial charge on any atom is 0.264 e. The SMILES string of the molecule is Cc1ccc(N(CC(=O)NCCOc2ccc(S(=O)(=O)N3CCCC3)cc2)S(=O)(=O)c2ccc(Cl)cc2)cc1. The van der Waals surface area contributed by atoms with E-state index in [0.717, 1.165) is 22.7 Å². The Morgan fingerprint density at radius 3 is 2.10 bits per heavy atom. The highest BCUT2D eigenvalue weighted by atomic mass is 35.5. The number of hydrogen-bond donors (Lipinski definition) is 1. The second kappa shape index (κ2) is 12.4. The predicted molar refractivity (Wildman–Crippen MR) is 150 cm³/mol. The van der Waals surface area contributed by atoms with Gasteiger partial charge in [-0.1, -0.05) is 29.3 Å². The van der Waals surface area contributed by atoms with Crippen molar-refractivity contribution < 1.29 is 26.4 Å². The lowest BCUT2D eigenvalue weighted by atomic mass is 10.2. The molecule has 1 aliphatic heterocycles. The zero-order valence-electron chi connectivity index (χ0n) is 21.4. The van der Waals surface area contributed by atoms with Crippen molar-refractivity contribution in [3.05, 3.63) is 83.4 Å². The first-order chi connectivity index (χ1) is 18.6. The van der Waals surface area contributed by atoms with E-state index in [0.29, 0.717) is 29.5 Å². The van der Waals surface area contributed by atoms with Crippen LogP contribution in [0.15, 0.2) is 82.6 Å². The van der Waals surface area contributed by atoms with E-state index < -0.39 is 32.5 Å². The largest absolute Gasteiger partial charge is 0.492 e. The highest BCUT2D eigenvalue weighted by molar-refractivity contribution is 7.92. The number of benzene rings is 3. The monoisotopic (exact) mass is 591 g/mol. The van der Waals surface area contributed by atoms with Gasteiger partial charge in [0.15, 0.2) is 0 Å². The number of anilines is 1. The minimum absolute atomic E-state index is 0.0128. The van der Waals surface area contributed by atoms with Gasteiger partial charge in [0, 0.05) is 18.1 Å². The van der Waals surface area contributed by atoms with Crippen molar-refractivity contribution in [1.82, 2.24) is 9.62 Å². The lowest BCUT2D eigenvalue weighted by Crippen LogP contribution is -2.41. The molecule has 12 heteroatoms. The van der Waals surface area contributed by atoms with Gasteiger partial charge in [0.05, 0.1) is 22.0 Å². The number of rotatable bonds is 11. The quantitative estimate of drug-likeness (QED) is 0.339. The van der Waals surface area contributed by atoms with Gasteiger partial charge in [-0.25, -0.2) is 16.8 Å². The summed E-state index contributed by atoms with van der Waals surface area (Å²) in [4.78, 5) is 13.0. The van der Waals surface area contributed by atoms with Gasteiger partial charge >= 0.3 is 0 Å². The molecule has 0 unspecified atom stereocenters. The van der Waals surface area contributed by atoms with E-state index in [4.69, 9.17) is 16.3 Å². The first kappa shape index (κ1) is 28.9. The Bertz CT molecular complexity index is 1490. The molecule has 1 aliphatic rings. The number of carbonyl (C=O) groups is 1. The van der Waals surface area contributed by atoms with Gasteiger partial charge in [-0.15, -0.1) is 0 Å². The summed E-state index contributed by atoms with van der Waals surface area (Å²) in [6.07, 6.45) is 1.73. The number of aryl methyl sites for hydroxylation is 1. The molecule has 3 aromatic rings. The molecular weight excluding hydrogens is 562 g/mol. The third-order valence-electron chi connectivity index (χ3n) is 6.23. The summed E-state index contributed by atoms with van der Waals surface area (Å²) in [5.41, 5.74) is 1.30. The lowest BCUT2D eigenvalue weighted by molar-refractivity contribution is -0.119. The average molecular weight is 592 g/mol. The molecule has 39 heavy (non-hydrogen) atoms. The Labute approximate surface area is 234 Å². The highest BCUT2D eigenvalue weighted by Crippen LogP contribution is 2.25. The molecule has 0 aliphatic carbocycles. The molecule has 9 nitrogen and oxygen atoms in total. The van der Waals surface area contributed by atoms with Gasteiger partial charge in [-0.2, -0.15) is 4.31 Å². The van der Waals surface area contributed by atoms with E-state index in [1.807, 2.05) is 6.92 Å². The number of nitrogens with zero attached hydrogens (tertiary/aromatic N) is 2. The Kier molecular flexibility index (Phi) is 9.16. The molecule has 4 rings (SSSR count). The summed E-state index contributed by atoms with van der Waals surface area (Å²) >= 11 is 5.92. The van der Waals surface area contributed by atoms with Crippen LogP contribution in [0, 0.1) is 6.92 Å². The number of nitrogens with one attached hydrogen (secondary N) is 1. The van der Waals surface area contributed by atoms with Gasteiger partial charge in [-0.3, -0.25) is 9.10 Å². The maximum absolute atomic E-state index is 13.4. The third-order valence-corrected chi connectivity index (χ3v) is 10.2. The maximum atomic E-state index is 13.4. The molecule has 0 spiro atoms. The normalized spacial score (nSPS) is 14.2. The molecule has 0 aromatic heterocycles. The second-order valence-electron chi connectivity index (χ2n) is 9.08. The van der Waals surface area contributed by atoms with Crippen LogP contribution in [-0.4, -0.2) is 59.8 Å². The average Bonchev–Trinajstić information content (AvgIpc) is 3.47. The zero-order valence-corrected chi connectivity index (χ0v) is 23.8. The molecule has 1 N–H and O–H groups in total. The van der Waals surface area contributed by atoms with Crippen LogP contribution in [0.1, 0.15) is 18.4 Å². The Morgan fingerprint density at radius 2 is 1.49 bits per heavy atom. The molecule has 0 atom stereocenters. The predicted octanol–water partition coefficient (Wildman–Crippen LogP) is 3.82. The minimum Gasteiger partial charge on any atom is -0.492 e. The third kappa shape index (κ3) is 7.10. The summed E-state index contributed by atoms with van der Waals surface area (Å²) in [6, 6.07) is 18.7. The number of ether oxygens (including phenoxy) is 1. The molecule has 0 radical (unpaired) electrons. The lowest BCUT2D eigenvalue weighted by Gasteiger charge is -2.24. The first-order valence-electron chi connectivity index (χ1n) is 12.4. The Hall–Kier alpha value is -3.12. The smallest absolute Gasteiger partial charge is 0.264 e. The van der Waals surface area contributed by atoms with Crippen LogP contribution < -0.4 is 14.4 Å². The molecule has 1 amide bonds. The fourth-order valence-electron chi connectivity index (χ4n) is 4.09. The molecular formula is C27H30ClN3O6S2. The summed E-state index contributed by atoms with van der Waals surface area (Å²) in [5, 5.41) is 3.08. The van der Waals surface area contributed by atoms with Crippen molar-refractivity contribution in [2.24, 2.45) is 0 Å². The van der Waals surface area contributed by atoms with Crippen molar-refractivity contribution in [1.29, 1.82) is 0 Å². The molecule has 1 fully saturated rings. The van der Waals surface area contributed by atoms with E-state index in [2.05, 4.69) is 5.32 Å². The van der Waals surface area contributed by atoms with Crippen LogP contribution >= 0.6 is 11.6 Å². The summed E-state index contributed by atoms with van der Waals surface area (Å²) in [5.74, 6) is -0.0556. The zero-order chi connectivity index (χ0) is 28.0. The van der Waals surface area contributed by atoms with Crippen LogP contribution in [0.3, 0.4) is 0 Å². The summed E-state index contributed by atoms with van der Waals surface area (Å²) < 4.78 is 60.2. The van der Waals surface area contributed by atoms with Crippen LogP contribution in [0.5, 0.6) is 5.75 Å². The number of sulfonamides is 2. The molecule has 3 aromatic carbocycles. The van der Waals surface area contributed by atoms with Gasteiger partial charge in [0.1, 0.15) is 18.9 Å². The van der Waals surface area contributed by atoms with E-state index in [1.54, 1.807) is 36.4 Å². The number of halogens is 1. The van der Waals surface area contributed by atoms with E-state index in [1.165, 1.54) is 40.7 Å². The molecule has 0 saturated carbocycles. The fourth-order valence-corrected chi connectivity index (χ4v) is 7.15. The van der Waals surface area contributed by atoms with E-state index >= 15 is 0 Å². The van der Waals surface area contributed by atoms with Crippen molar-refractivity contribution in [2.75, 3.05) is 37.1 Å². The van der Waals surface area contributed by atoms with Crippen LogP contribution in [0.25, 0.3) is 0 Å². The molecule has 1 heterocycles. The first-order valence-corrected chi connectivity index (χ1v) is 15.7. The van der Waals surface area contributed by atoms with Gasteiger partial charge in [0.25, 0.3) is 10.0 Å². The van der Waals surface area contributed by atoms with E-state index in [-0.39, 0.29) is 22.9 Å². The topological polar surface area (TPSA) is 113 Å². The number of hydrogen-bond acceptors (Lipinski definition) is 6. The number of carbonyl (C=O) groups excluding carboxylic acids is 1. The van der Waals surface area contributed by atoms with Crippen LogP contribution in [-0.2, 0) is 24.8 Å². The minimum atomic E-state index is -4.04. The Morgan fingerprint density at radius 1 is 0.897 bits per heavy atom. The number of amides is 1. The second-order valence-corrected chi connectivity index (χ2v) is 13.3. The van der Waals surface area contributed by atoms with Crippen molar-refractivity contribution in [2.45, 2.75) is 29.6 Å². The van der Waals surface area contributed by atoms with Crippen molar-refractivity contribution >= 4 is 43.2 Å². The molecule has 208 valence electrons. The van der Waals surface area contributed by atoms with Gasteiger partial charge in [-0.05, 0) is 80.4 Å². The van der Waals surface area contributed by atoms with Gasteiger partial charge in [0.2, 0.25) is 15.9 Å². The summed E-state index contributed by atoms with van der Waals surface area (Å²) in [6.45, 7) is 2.74.